The standard InChI is InChI=1S/C15H16F5N3O3/c1-4-23-13-12(8(3)22-23)9(14(16,17)15(18,19)20)6-10(21-13)26-7-11(24)25-5-2/h6H,4-5,7H2,1-3H3. The molecule has 0 spiro atoms. The quantitative estimate of drug-likeness (QED) is 0.567. The summed E-state index contributed by atoms with van der Waals surface area (Å²) in [7, 11) is 0. The fourth-order valence-corrected chi connectivity index (χ4v) is 2.36. The molecule has 26 heavy (non-hydrogen) atoms. The van der Waals surface area contributed by atoms with Gasteiger partial charge in [-0.15, -0.1) is 0 Å². The van der Waals surface area contributed by atoms with Crippen molar-refractivity contribution < 1.29 is 36.2 Å². The first kappa shape index (κ1) is 19.9. The third-order valence-corrected chi connectivity index (χ3v) is 3.49. The minimum atomic E-state index is -5.82. The van der Waals surface area contributed by atoms with E-state index in [0.29, 0.717) is 6.07 Å². The van der Waals surface area contributed by atoms with Gasteiger partial charge in [-0.1, -0.05) is 0 Å². The van der Waals surface area contributed by atoms with Gasteiger partial charge in [-0.2, -0.15) is 32.0 Å². The topological polar surface area (TPSA) is 66.2 Å². The monoisotopic (exact) mass is 381 g/mol. The number of fused-ring (bicyclic) bond motifs is 1. The fraction of sp³-hybridized carbons (Fsp3) is 0.533. The molecule has 2 aromatic heterocycles. The highest BCUT2D eigenvalue weighted by Gasteiger charge is 2.60. The average Bonchev–Trinajstić information content (AvgIpc) is 2.87. The smallest absolute Gasteiger partial charge is 0.458 e. The molecule has 0 radical (unpaired) electrons. The van der Waals surface area contributed by atoms with Gasteiger partial charge in [0.15, 0.2) is 12.3 Å². The summed E-state index contributed by atoms with van der Waals surface area (Å²) in [5, 5.41) is 3.53. The summed E-state index contributed by atoms with van der Waals surface area (Å²) < 4.78 is 77.6. The second-order valence-electron chi connectivity index (χ2n) is 5.27. The molecular formula is C15H16F5N3O3. The third-order valence-electron chi connectivity index (χ3n) is 3.49. The lowest BCUT2D eigenvalue weighted by Gasteiger charge is -2.21. The molecule has 0 aliphatic carbocycles. The predicted molar refractivity (Wildman–Crippen MR) is 80.0 cm³/mol. The van der Waals surface area contributed by atoms with Crippen LogP contribution in [-0.4, -0.2) is 40.1 Å². The zero-order chi connectivity index (χ0) is 19.7. The van der Waals surface area contributed by atoms with E-state index in [1.54, 1.807) is 13.8 Å². The van der Waals surface area contributed by atoms with E-state index >= 15 is 0 Å². The first-order valence-corrected chi connectivity index (χ1v) is 7.64. The van der Waals surface area contributed by atoms with Crippen LogP contribution in [0.2, 0.25) is 0 Å². The van der Waals surface area contributed by atoms with Gasteiger partial charge in [-0.05, 0) is 20.8 Å². The number of aryl methyl sites for hydroxylation is 2. The molecule has 0 fully saturated rings. The van der Waals surface area contributed by atoms with Gasteiger partial charge in [0.2, 0.25) is 5.88 Å². The Morgan fingerprint density at radius 1 is 1.23 bits per heavy atom. The lowest BCUT2D eigenvalue weighted by molar-refractivity contribution is -0.288. The van der Waals surface area contributed by atoms with Crippen molar-refractivity contribution in [2.75, 3.05) is 13.2 Å². The molecule has 0 aliphatic rings. The number of ether oxygens (including phenoxy) is 2. The number of nitrogens with zero attached hydrogens (tertiary/aromatic N) is 3. The van der Waals surface area contributed by atoms with E-state index in [1.807, 2.05) is 0 Å². The van der Waals surface area contributed by atoms with Gasteiger partial charge < -0.3 is 9.47 Å². The SMILES string of the molecule is CCOC(=O)COc1cc(C(F)(F)C(F)(F)F)c2c(C)nn(CC)c2n1. The van der Waals surface area contributed by atoms with Gasteiger partial charge >= 0.3 is 18.1 Å². The molecule has 0 amide bonds. The lowest BCUT2D eigenvalue weighted by atomic mass is 10.0. The van der Waals surface area contributed by atoms with E-state index in [0.717, 1.165) is 0 Å². The zero-order valence-corrected chi connectivity index (χ0v) is 14.2. The molecule has 2 aromatic rings. The van der Waals surface area contributed by atoms with E-state index < -0.39 is 41.5 Å². The Morgan fingerprint density at radius 3 is 2.42 bits per heavy atom. The summed E-state index contributed by atoms with van der Waals surface area (Å²) in [5.41, 5.74) is -1.54. The van der Waals surface area contributed by atoms with Crippen molar-refractivity contribution >= 4 is 17.0 Å². The van der Waals surface area contributed by atoms with Crippen molar-refractivity contribution in [3.8, 4) is 5.88 Å². The molecule has 0 bridgehead atoms. The van der Waals surface area contributed by atoms with E-state index in [-0.39, 0.29) is 24.5 Å². The van der Waals surface area contributed by atoms with Crippen LogP contribution in [-0.2, 0) is 22.0 Å². The molecule has 11 heteroatoms. The molecule has 0 saturated carbocycles. The Hall–Kier alpha value is -2.46. The van der Waals surface area contributed by atoms with Gasteiger partial charge in [0.1, 0.15) is 0 Å². The normalized spacial score (nSPS) is 12.5. The molecule has 0 saturated heterocycles. The number of carbonyl (C=O) groups is 1. The highest BCUT2D eigenvalue weighted by Crippen LogP contribution is 2.47. The first-order chi connectivity index (χ1) is 12.0. The van der Waals surface area contributed by atoms with Crippen LogP contribution in [0.25, 0.3) is 11.0 Å². The highest BCUT2D eigenvalue weighted by molar-refractivity contribution is 5.84. The number of aromatic nitrogens is 3. The van der Waals surface area contributed by atoms with Crippen LogP contribution in [0.3, 0.4) is 0 Å². The van der Waals surface area contributed by atoms with Crippen molar-refractivity contribution in [3.05, 3.63) is 17.3 Å². The lowest BCUT2D eigenvalue weighted by Crippen LogP contribution is -2.34. The summed E-state index contributed by atoms with van der Waals surface area (Å²) in [6, 6.07) is 0.476. The molecule has 2 heterocycles. The summed E-state index contributed by atoms with van der Waals surface area (Å²) >= 11 is 0. The summed E-state index contributed by atoms with van der Waals surface area (Å²) in [5.74, 6) is -6.51. The maximum absolute atomic E-state index is 14.0. The minimum absolute atomic E-state index is 0.0229. The second-order valence-corrected chi connectivity index (χ2v) is 5.27. The largest absolute Gasteiger partial charge is 0.466 e. The Balaban J connectivity index is 2.61. The minimum Gasteiger partial charge on any atom is -0.466 e. The van der Waals surface area contributed by atoms with Gasteiger partial charge in [-0.3, -0.25) is 0 Å². The number of halogens is 5. The number of hydrogen-bond donors (Lipinski definition) is 0. The second kappa shape index (κ2) is 7.04. The molecule has 0 aromatic carbocycles. The van der Waals surface area contributed by atoms with Gasteiger partial charge in [-0.25, -0.2) is 9.48 Å². The number of carbonyl (C=O) groups excluding carboxylic acids is 1. The van der Waals surface area contributed by atoms with Crippen molar-refractivity contribution in [2.45, 2.75) is 39.4 Å². The number of pyridine rings is 1. The van der Waals surface area contributed by atoms with Crippen molar-refractivity contribution in [1.82, 2.24) is 14.8 Å². The van der Waals surface area contributed by atoms with E-state index in [2.05, 4.69) is 14.8 Å². The Kier molecular flexibility index (Phi) is 5.38. The molecular weight excluding hydrogens is 365 g/mol. The number of esters is 1. The van der Waals surface area contributed by atoms with Crippen LogP contribution < -0.4 is 4.74 Å². The molecule has 0 aliphatic heterocycles. The van der Waals surface area contributed by atoms with E-state index in [4.69, 9.17) is 4.74 Å². The van der Waals surface area contributed by atoms with Crippen LogP contribution in [0, 0.1) is 6.92 Å². The Labute approximate surface area is 144 Å². The molecule has 0 N–H and O–H groups in total. The van der Waals surface area contributed by atoms with Gasteiger partial charge in [0.05, 0.1) is 17.7 Å². The number of alkyl halides is 5. The molecule has 2 rings (SSSR count). The van der Waals surface area contributed by atoms with E-state index in [9.17, 15) is 26.7 Å². The van der Waals surface area contributed by atoms with Gasteiger partial charge in [0, 0.05) is 18.2 Å². The maximum atomic E-state index is 14.0. The van der Waals surface area contributed by atoms with Crippen LogP contribution in [0.15, 0.2) is 6.07 Å². The Bertz CT molecular complexity index is 817. The molecule has 6 nitrogen and oxygen atoms in total. The van der Waals surface area contributed by atoms with Crippen LogP contribution in [0.4, 0.5) is 22.0 Å². The summed E-state index contributed by atoms with van der Waals surface area (Å²) in [4.78, 5) is 15.3. The first-order valence-electron chi connectivity index (χ1n) is 7.64. The average molecular weight is 381 g/mol. The van der Waals surface area contributed by atoms with E-state index in [1.165, 1.54) is 11.6 Å². The van der Waals surface area contributed by atoms with Gasteiger partial charge in [0.25, 0.3) is 0 Å². The maximum Gasteiger partial charge on any atom is 0.458 e. The molecule has 144 valence electrons. The fourth-order valence-electron chi connectivity index (χ4n) is 2.36. The van der Waals surface area contributed by atoms with Crippen LogP contribution in [0.5, 0.6) is 5.88 Å². The van der Waals surface area contributed by atoms with Crippen molar-refractivity contribution in [3.63, 3.8) is 0 Å². The highest BCUT2D eigenvalue weighted by atomic mass is 19.4. The van der Waals surface area contributed by atoms with Crippen LogP contribution in [0.1, 0.15) is 25.1 Å². The predicted octanol–water partition coefficient (Wildman–Crippen LogP) is 3.36. The Morgan fingerprint density at radius 2 is 1.88 bits per heavy atom. The van der Waals surface area contributed by atoms with Crippen molar-refractivity contribution in [2.24, 2.45) is 0 Å². The third kappa shape index (κ3) is 3.56. The summed E-state index contributed by atoms with van der Waals surface area (Å²) in [6.45, 7) is 4.06. The molecule has 0 unspecified atom stereocenters. The van der Waals surface area contributed by atoms with Crippen LogP contribution >= 0.6 is 0 Å². The number of rotatable bonds is 6. The van der Waals surface area contributed by atoms with Crippen molar-refractivity contribution in [1.29, 1.82) is 0 Å². The zero-order valence-electron chi connectivity index (χ0n) is 14.2. The number of hydrogen-bond acceptors (Lipinski definition) is 5. The molecule has 0 atom stereocenters. The summed E-state index contributed by atoms with van der Waals surface area (Å²) in [6.07, 6.45) is -5.82.